The molecule has 1 aliphatic rings. The fraction of sp³-hybridized carbons (Fsp3) is 0.353. The molecule has 5 nitrogen and oxygen atoms in total. The molecule has 0 aliphatic carbocycles. The Labute approximate surface area is 136 Å². The van der Waals surface area contributed by atoms with E-state index in [-0.39, 0.29) is 24.0 Å². The molecule has 0 bridgehead atoms. The maximum absolute atomic E-state index is 12.7. The molecule has 3 rings (SSSR count). The van der Waals surface area contributed by atoms with Crippen LogP contribution in [0.2, 0.25) is 0 Å². The van der Waals surface area contributed by atoms with Crippen molar-refractivity contribution in [3.05, 3.63) is 48.2 Å². The summed E-state index contributed by atoms with van der Waals surface area (Å²) >= 11 is 0. The molecule has 0 radical (unpaired) electrons. The van der Waals surface area contributed by atoms with Crippen molar-refractivity contribution in [2.24, 2.45) is 7.05 Å². The van der Waals surface area contributed by atoms with Crippen molar-refractivity contribution in [2.75, 3.05) is 24.6 Å². The SMILES string of the molecule is Cn1c(C(=O)N2CCCS(=O)(=O)CC2)ccc1-c1ccccc1. The summed E-state index contributed by atoms with van der Waals surface area (Å²) in [6.45, 7) is 0.761. The first-order chi connectivity index (χ1) is 11.0. The van der Waals surface area contributed by atoms with Crippen LogP contribution in [0.5, 0.6) is 0 Å². The first-order valence-electron chi connectivity index (χ1n) is 7.69. The molecule has 1 saturated heterocycles. The van der Waals surface area contributed by atoms with Gasteiger partial charge in [0.1, 0.15) is 5.69 Å². The van der Waals surface area contributed by atoms with Gasteiger partial charge in [0.05, 0.1) is 11.5 Å². The molecule has 0 atom stereocenters. The summed E-state index contributed by atoms with van der Waals surface area (Å²) in [4.78, 5) is 14.4. The molecule has 0 unspecified atom stereocenters. The number of rotatable bonds is 2. The van der Waals surface area contributed by atoms with E-state index in [1.807, 2.05) is 54.1 Å². The van der Waals surface area contributed by atoms with Gasteiger partial charge in [0.2, 0.25) is 0 Å². The van der Waals surface area contributed by atoms with Crippen LogP contribution in [0.1, 0.15) is 16.9 Å². The maximum Gasteiger partial charge on any atom is 0.270 e. The van der Waals surface area contributed by atoms with Crippen LogP contribution < -0.4 is 0 Å². The molecular formula is C17H20N2O3S. The second-order valence-electron chi connectivity index (χ2n) is 5.83. The molecule has 0 spiro atoms. The summed E-state index contributed by atoms with van der Waals surface area (Å²) in [5.74, 6) is 0.111. The van der Waals surface area contributed by atoms with E-state index < -0.39 is 9.84 Å². The number of amides is 1. The topological polar surface area (TPSA) is 59.4 Å². The Bertz CT molecular complexity index is 810. The first kappa shape index (κ1) is 15.8. The number of aromatic nitrogens is 1. The number of benzene rings is 1. The summed E-state index contributed by atoms with van der Waals surface area (Å²) in [5.41, 5.74) is 2.60. The van der Waals surface area contributed by atoms with E-state index in [0.29, 0.717) is 18.7 Å². The standard InChI is InChI=1S/C17H20N2O3S/c1-18-15(14-6-3-2-4-7-14)8-9-16(18)17(20)19-10-5-12-23(21,22)13-11-19/h2-4,6-9H,5,10-13H2,1H3. The summed E-state index contributed by atoms with van der Waals surface area (Å²) in [6, 6.07) is 13.6. The van der Waals surface area contributed by atoms with E-state index in [0.717, 1.165) is 11.3 Å². The summed E-state index contributed by atoms with van der Waals surface area (Å²) in [7, 11) is -1.15. The highest BCUT2D eigenvalue weighted by molar-refractivity contribution is 7.91. The van der Waals surface area contributed by atoms with Crippen molar-refractivity contribution in [2.45, 2.75) is 6.42 Å². The zero-order valence-electron chi connectivity index (χ0n) is 13.1. The molecule has 122 valence electrons. The van der Waals surface area contributed by atoms with E-state index in [1.165, 1.54) is 0 Å². The Kier molecular flexibility index (Phi) is 4.26. The number of carbonyl (C=O) groups is 1. The third-order valence-electron chi connectivity index (χ3n) is 4.25. The zero-order chi connectivity index (χ0) is 16.4. The second-order valence-corrected chi connectivity index (χ2v) is 8.13. The highest BCUT2D eigenvalue weighted by Crippen LogP contribution is 2.22. The van der Waals surface area contributed by atoms with E-state index in [1.54, 1.807) is 4.90 Å². The Morgan fingerprint density at radius 3 is 2.48 bits per heavy atom. The molecule has 1 amide bonds. The number of hydrogen-bond acceptors (Lipinski definition) is 3. The average Bonchev–Trinajstić information content (AvgIpc) is 2.82. The molecule has 6 heteroatoms. The van der Waals surface area contributed by atoms with Gasteiger partial charge in [-0.1, -0.05) is 30.3 Å². The van der Waals surface area contributed by atoms with Gasteiger partial charge >= 0.3 is 0 Å². The van der Waals surface area contributed by atoms with Crippen molar-refractivity contribution < 1.29 is 13.2 Å². The van der Waals surface area contributed by atoms with Gasteiger partial charge in [-0.05, 0) is 24.1 Å². The molecule has 0 saturated carbocycles. The lowest BCUT2D eigenvalue weighted by Gasteiger charge is -2.20. The Morgan fingerprint density at radius 1 is 1.00 bits per heavy atom. The largest absolute Gasteiger partial charge is 0.340 e. The van der Waals surface area contributed by atoms with Gasteiger partial charge in [0.15, 0.2) is 9.84 Å². The van der Waals surface area contributed by atoms with Crippen molar-refractivity contribution in [1.82, 2.24) is 9.47 Å². The molecule has 1 aromatic heterocycles. The van der Waals surface area contributed by atoms with Crippen LogP contribution in [-0.4, -0.2) is 48.4 Å². The van der Waals surface area contributed by atoms with E-state index in [4.69, 9.17) is 0 Å². The molecule has 1 aliphatic heterocycles. The van der Waals surface area contributed by atoms with Crippen LogP contribution >= 0.6 is 0 Å². The van der Waals surface area contributed by atoms with E-state index in [9.17, 15) is 13.2 Å². The minimum Gasteiger partial charge on any atom is -0.340 e. The fourth-order valence-electron chi connectivity index (χ4n) is 2.93. The fourth-order valence-corrected chi connectivity index (χ4v) is 4.20. The van der Waals surface area contributed by atoms with Gasteiger partial charge < -0.3 is 9.47 Å². The molecular weight excluding hydrogens is 312 g/mol. The van der Waals surface area contributed by atoms with Crippen LogP contribution in [0.25, 0.3) is 11.3 Å². The van der Waals surface area contributed by atoms with Gasteiger partial charge in [-0.15, -0.1) is 0 Å². The van der Waals surface area contributed by atoms with Crippen molar-refractivity contribution in [3.8, 4) is 11.3 Å². The van der Waals surface area contributed by atoms with Crippen molar-refractivity contribution in [3.63, 3.8) is 0 Å². The second kappa shape index (κ2) is 6.20. The number of hydrogen-bond donors (Lipinski definition) is 0. The van der Waals surface area contributed by atoms with Crippen LogP contribution in [0, 0.1) is 0 Å². The number of nitrogens with zero attached hydrogens (tertiary/aromatic N) is 2. The third-order valence-corrected chi connectivity index (χ3v) is 5.97. The predicted molar refractivity (Wildman–Crippen MR) is 90.0 cm³/mol. The molecule has 0 N–H and O–H groups in total. The first-order valence-corrected chi connectivity index (χ1v) is 9.51. The van der Waals surface area contributed by atoms with E-state index in [2.05, 4.69) is 0 Å². The molecule has 1 fully saturated rings. The number of sulfone groups is 1. The van der Waals surface area contributed by atoms with Gasteiger partial charge in [0.25, 0.3) is 5.91 Å². The van der Waals surface area contributed by atoms with Gasteiger partial charge in [-0.2, -0.15) is 0 Å². The lowest BCUT2D eigenvalue weighted by atomic mass is 10.2. The van der Waals surface area contributed by atoms with Gasteiger partial charge in [-0.25, -0.2) is 8.42 Å². The normalized spacial score (nSPS) is 17.7. The van der Waals surface area contributed by atoms with Crippen LogP contribution in [0.4, 0.5) is 0 Å². The van der Waals surface area contributed by atoms with Crippen molar-refractivity contribution >= 4 is 15.7 Å². The Hall–Kier alpha value is -2.08. The minimum absolute atomic E-state index is 0.0503. The smallest absolute Gasteiger partial charge is 0.270 e. The monoisotopic (exact) mass is 332 g/mol. The summed E-state index contributed by atoms with van der Waals surface area (Å²) in [5, 5.41) is 0. The van der Waals surface area contributed by atoms with Gasteiger partial charge in [-0.3, -0.25) is 4.79 Å². The molecule has 1 aromatic carbocycles. The van der Waals surface area contributed by atoms with Crippen LogP contribution in [-0.2, 0) is 16.9 Å². The molecule has 2 aromatic rings. The number of carbonyl (C=O) groups excluding carboxylic acids is 1. The molecule has 2 heterocycles. The lowest BCUT2D eigenvalue weighted by Crippen LogP contribution is -2.34. The van der Waals surface area contributed by atoms with Crippen LogP contribution in [0.15, 0.2) is 42.5 Å². The lowest BCUT2D eigenvalue weighted by molar-refractivity contribution is 0.0759. The summed E-state index contributed by atoms with van der Waals surface area (Å²) < 4.78 is 25.2. The molecule has 23 heavy (non-hydrogen) atoms. The Morgan fingerprint density at radius 2 is 1.74 bits per heavy atom. The van der Waals surface area contributed by atoms with Crippen LogP contribution in [0.3, 0.4) is 0 Å². The third kappa shape index (κ3) is 3.32. The van der Waals surface area contributed by atoms with E-state index >= 15 is 0 Å². The highest BCUT2D eigenvalue weighted by atomic mass is 32.2. The zero-order valence-corrected chi connectivity index (χ0v) is 13.9. The predicted octanol–water partition coefficient (Wildman–Crippen LogP) is 1.95. The average molecular weight is 332 g/mol. The quantitative estimate of drug-likeness (QED) is 0.844. The summed E-state index contributed by atoms with van der Waals surface area (Å²) in [6.07, 6.45) is 0.504. The maximum atomic E-state index is 12.7. The van der Waals surface area contributed by atoms with Crippen molar-refractivity contribution in [1.29, 1.82) is 0 Å². The highest BCUT2D eigenvalue weighted by Gasteiger charge is 2.25. The minimum atomic E-state index is -3.02. The Balaban J connectivity index is 1.85. The van der Waals surface area contributed by atoms with Gasteiger partial charge in [0, 0.05) is 25.8 Å².